The number of benzene rings is 2. The summed E-state index contributed by atoms with van der Waals surface area (Å²) in [6.07, 6.45) is 4.16. The molecule has 1 aliphatic heterocycles. The van der Waals surface area contributed by atoms with Crippen molar-refractivity contribution in [1.29, 1.82) is 0 Å². The zero-order valence-corrected chi connectivity index (χ0v) is 14.9. The smallest absolute Gasteiger partial charge is 0.242 e. The third-order valence-corrected chi connectivity index (χ3v) is 5.09. The number of carbonyl (C=O) groups excluding carboxylic acids is 1. The number of likely N-dealkylation sites (tertiary alicyclic amines) is 1. The van der Waals surface area contributed by atoms with Crippen LogP contribution in [0, 0.1) is 5.92 Å². The van der Waals surface area contributed by atoms with E-state index in [1.165, 1.54) is 5.39 Å². The average Bonchev–Trinajstić information content (AvgIpc) is 3.10. The second-order valence-electron chi connectivity index (χ2n) is 6.97. The molecule has 0 aliphatic carbocycles. The van der Waals surface area contributed by atoms with Crippen molar-refractivity contribution in [2.75, 3.05) is 19.7 Å². The lowest BCUT2D eigenvalue weighted by Gasteiger charge is -2.33. The minimum Gasteiger partial charge on any atom is -0.493 e. The molecule has 0 bridgehead atoms. The lowest BCUT2D eigenvalue weighted by atomic mass is 9.99. The van der Waals surface area contributed by atoms with Gasteiger partial charge in [-0.3, -0.25) is 4.79 Å². The maximum Gasteiger partial charge on any atom is 0.242 e. The third-order valence-electron chi connectivity index (χ3n) is 5.09. The van der Waals surface area contributed by atoms with Crippen LogP contribution in [0.4, 0.5) is 0 Å². The second-order valence-corrected chi connectivity index (χ2v) is 6.97. The molecule has 4 nitrogen and oxygen atoms in total. The van der Waals surface area contributed by atoms with Gasteiger partial charge in [-0.1, -0.05) is 36.4 Å². The predicted molar refractivity (Wildman–Crippen MR) is 103 cm³/mol. The molecule has 2 heterocycles. The minimum absolute atomic E-state index is 0.191. The van der Waals surface area contributed by atoms with Crippen LogP contribution in [0.1, 0.15) is 12.8 Å². The molecule has 134 valence electrons. The highest BCUT2D eigenvalue weighted by molar-refractivity contribution is 5.83. The highest BCUT2D eigenvalue weighted by atomic mass is 16.5. The molecular formula is C22H24N2O2. The van der Waals surface area contributed by atoms with Crippen molar-refractivity contribution < 1.29 is 9.53 Å². The lowest BCUT2D eigenvalue weighted by molar-refractivity contribution is -0.133. The van der Waals surface area contributed by atoms with Crippen molar-refractivity contribution in [1.82, 2.24) is 9.47 Å². The van der Waals surface area contributed by atoms with Gasteiger partial charge < -0.3 is 14.2 Å². The van der Waals surface area contributed by atoms with Gasteiger partial charge in [0.2, 0.25) is 5.91 Å². The molecule has 1 amide bonds. The standard InChI is InChI=1S/C22H24N2O2/c25-22(16-23-14-12-19-8-4-5-11-21(19)23)24-13-6-7-18(15-24)17-26-20-9-2-1-3-10-20/h1-5,8-12,14,18H,6-7,13,15-17H2. The first-order valence-electron chi connectivity index (χ1n) is 9.29. The van der Waals surface area contributed by atoms with Gasteiger partial charge in [0.15, 0.2) is 0 Å². The Morgan fingerprint density at radius 2 is 1.85 bits per heavy atom. The Labute approximate surface area is 154 Å². The van der Waals surface area contributed by atoms with Crippen LogP contribution in [0.15, 0.2) is 66.9 Å². The summed E-state index contributed by atoms with van der Waals surface area (Å²) < 4.78 is 7.94. The molecule has 1 unspecified atom stereocenters. The molecule has 1 aromatic heterocycles. The van der Waals surface area contributed by atoms with Gasteiger partial charge in [0.1, 0.15) is 12.3 Å². The topological polar surface area (TPSA) is 34.5 Å². The van der Waals surface area contributed by atoms with Crippen LogP contribution in [-0.4, -0.2) is 35.1 Å². The molecule has 26 heavy (non-hydrogen) atoms. The van der Waals surface area contributed by atoms with Gasteiger partial charge in [-0.25, -0.2) is 0 Å². The van der Waals surface area contributed by atoms with E-state index in [0.717, 1.165) is 37.2 Å². The molecule has 3 aromatic rings. The number of fused-ring (bicyclic) bond motifs is 1. The fourth-order valence-corrected chi connectivity index (χ4v) is 3.68. The van der Waals surface area contributed by atoms with E-state index >= 15 is 0 Å². The van der Waals surface area contributed by atoms with Crippen molar-refractivity contribution in [3.05, 3.63) is 66.9 Å². The molecule has 1 fully saturated rings. The highest BCUT2D eigenvalue weighted by Crippen LogP contribution is 2.20. The zero-order valence-electron chi connectivity index (χ0n) is 14.9. The summed E-state index contributed by atoms with van der Waals surface area (Å²) in [4.78, 5) is 14.8. The molecule has 1 aliphatic rings. The molecule has 0 spiro atoms. The molecule has 0 saturated carbocycles. The van der Waals surface area contributed by atoms with Gasteiger partial charge in [0.25, 0.3) is 0 Å². The van der Waals surface area contributed by atoms with Gasteiger partial charge in [-0.2, -0.15) is 0 Å². The van der Waals surface area contributed by atoms with Crippen LogP contribution in [-0.2, 0) is 11.3 Å². The summed E-state index contributed by atoms with van der Waals surface area (Å²) in [5.41, 5.74) is 1.11. The number of rotatable bonds is 5. The zero-order chi connectivity index (χ0) is 17.8. The molecule has 4 rings (SSSR count). The van der Waals surface area contributed by atoms with Crippen molar-refractivity contribution >= 4 is 16.8 Å². The van der Waals surface area contributed by atoms with E-state index in [4.69, 9.17) is 4.74 Å². The summed E-state index contributed by atoms with van der Waals surface area (Å²) in [5, 5.41) is 1.17. The number of amides is 1. The first-order chi connectivity index (χ1) is 12.8. The van der Waals surface area contributed by atoms with Crippen LogP contribution < -0.4 is 4.74 Å². The van der Waals surface area contributed by atoms with E-state index in [9.17, 15) is 4.79 Å². The summed E-state index contributed by atoms with van der Waals surface area (Å²) in [6.45, 7) is 2.70. The molecule has 0 N–H and O–H groups in total. The number of hydrogen-bond donors (Lipinski definition) is 0. The van der Waals surface area contributed by atoms with Crippen molar-refractivity contribution in [3.8, 4) is 5.75 Å². The number of aromatic nitrogens is 1. The molecule has 1 saturated heterocycles. The largest absolute Gasteiger partial charge is 0.493 e. The number of ether oxygens (including phenoxy) is 1. The van der Waals surface area contributed by atoms with Crippen molar-refractivity contribution in [2.45, 2.75) is 19.4 Å². The average molecular weight is 348 g/mol. The maximum atomic E-state index is 12.8. The Morgan fingerprint density at radius 3 is 2.73 bits per heavy atom. The Balaban J connectivity index is 1.35. The van der Waals surface area contributed by atoms with Crippen LogP contribution in [0.3, 0.4) is 0 Å². The normalized spacial score (nSPS) is 17.4. The minimum atomic E-state index is 0.191. The Hall–Kier alpha value is -2.75. The maximum absolute atomic E-state index is 12.8. The van der Waals surface area contributed by atoms with E-state index in [1.807, 2.05) is 58.1 Å². The number of piperidine rings is 1. The SMILES string of the molecule is O=C(Cn1ccc2ccccc21)N1CCCC(COc2ccccc2)C1. The van der Waals surface area contributed by atoms with Gasteiger partial charge >= 0.3 is 0 Å². The van der Waals surface area contributed by atoms with Gasteiger partial charge in [-0.05, 0) is 42.5 Å². The van der Waals surface area contributed by atoms with Gasteiger partial charge in [0.05, 0.1) is 6.61 Å². The second kappa shape index (κ2) is 7.65. The predicted octanol–water partition coefficient (Wildman–Crippen LogP) is 3.96. The van der Waals surface area contributed by atoms with Gasteiger partial charge in [-0.15, -0.1) is 0 Å². The quantitative estimate of drug-likeness (QED) is 0.699. The number of hydrogen-bond acceptors (Lipinski definition) is 2. The summed E-state index contributed by atoms with van der Waals surface area (Å²) >= 11 is 0. The summed E-state index contributed by atoms with van der Waals surface area (Å²) in [5.74, 6) is 1.49. The Kier molecular flexibility index (Phi) is 4.91. The van der Waals surface area contributed by atoms with Crippen LogP contribution >= 0.6 is 0 Å². The Bertz CT molecular complexity index is 872. The first kappa shape index (κ1) is 16.7. The van der Waals surface area contributed by atoms with Crippen LogP contribution in [0.25, 0.3) is 10.9 Å². The summed E-state index contributed by atoms with van der Waals surface area (Å²) in [6, 6.07) is 20.1. The molecular weight excluding hydrogens is 324 g/mol. The number of carbonyl (C=O) groups is 1. The van der Waals surface area contributed by atoms with E-state index < -0.39 is 0 Å². The first-order valence-corrected chi connectivity index (χ1v) is 9.29. The number of para-hydroxylation sites is 2. The van der Waals surface area contributed by atoms with Crippen LogP contribution in [0.5, 0.6) is 5.75 Å². The van der Waals surface area contributed by atoms with Gasteiger partial charge in [0, 0.05) is 30.7 Å². The summed E-state index contributed by atoms with van der Waals surface area (Å²) in [7, 11) is 0. The lowest BCUT2D eigenvalue weighted by Crippen LogP contribution is -2.43. The molecule has 2 aromatic carbocycles. The van der Waals surface area contributed by atoms with Crippen molar-refractivity contribution in [2.24, 2.45) is 5.92 Å². The Morgan fingerprint density at radius 1 is 1.04 bits per heavy atom. The fraction of sp³-hybridized carbons (Fsp3) is 0.318. The fourth-order valence-electron chi connectivity index (χ4n) is 3.68. The molecule has 1 atom stereocenters. The van der Waals surface area contributed by atoms with E-state index in [2.05, 4.69) is 18.2 Å². The van der Waals surface area contributed by atoms with Crippen molar-refractivity contribution in [3.63, 3.8) is 0 Å². The third kappa shape index (κ3) is 3.74. The molecule has 4 heteroatoms. The van der Waals surface area contributed by atoms with E-state index in [0.29, 0.717) is 19.1 Å². The highest BCUT2D eigenvalue weighted by Gasteiger charge is 2.24. The van der Waals surface area contributed by atoms with E-state index in [-0.39, 0.29) is 5.91 Å². The number of nitrogens with zero attached hydrogens (tertiary/aromatic N) is 2. The van der Waals surface area contributed by atoms with E-state index in [1.54, 1.807) is 0 Å². The van der Waals surface area contributed by atoms with Crippen LogP contribution in [0.2, 0.25) is 0 Å². The molecule has 0 radical (unpaired) electrons. The monoisotopic (exact) mass is 348 g/mol.